The van der Waals surface area contributed by atoms with Crippen molar-refractivity contribution in [1.82, 2.24) is 10.8 Å². The van der Waals surface area contributed by atoms with E-state index in [4.69, 9.17) is 5.21 Å². The quantitative estimate of drug-likeness (QED) is 0.531. The van der Waals surface area contributed by atoms with Crippen LogP contribution in [-0.4, -0.2) is 17.0 Å². The van der Waals surface area contributed by atoms with Gasteiger partial charge in [0, 0.05) is 18.5 Å². The monoisotopic (exact) mass is 236 g/mol. The highest BCUT2D eigenvalue weighted by Gasteiger charge is 2.04. The number of carbonyl (C=O) groups is 2. The summed E-state index contributed by atoms with van der Waals surface area (Å²) >= 11 is 0. The average molecular weight is 236 g/mol. The maximum absolute atomic E-state index is 11.2. The summed E-state index contributed by atoms with van der Waals surface area (Å²) in [6.45, 7) is 2.39. The summed E-state index contributed by atoms with van der Waals surface area (Å²) in [7, 11) is 0. The second-order valence-corrected chi connectivity index (χ2v) is 3.66. The van der Waals surface area contributed by atoms with Crippen LogP contribution in [0.4, 0.5) is 0 Å². The Kier molecular flexibility index (Phi) is 5.16. The van der Waals surface area contributed by atoms with Gasteiger partial charge in [0.2, 0.25) is 5.91 Å². The number of carbonyl (C=O) groups excluding carboxylic acids is 2. The maximum atomic E-state index is 11.2. The number of nitrogens with one attached hydrogen (secondary N) is 2. The summed E-state index contributed by atoms with van der Waals surface area (Å²) in [4.78, 5) is 22.3. The van der Waals surface area contributed by atoms with E-state index in [2.05, 4.69) is 5.32 Å². The van der Waals surface area contributed by atoms with Crippen LogP contribution in [0.25, 0.3) is 0 Å². The van der Waals surface area contributed by atoms with Gasteiger partial charge in [-0.25, -0.2) is 5.48 Å². The van der Waals surface area contributed by atoms with E-state index in [0.29, 0.717) is 18.5 Å². The van der Waals surface area contributed by atoms with E-state index < -0.39 is 5.91 Å². The lowest BCUT2D eigenvalue weighted by Crippen LogP contribution is -2.22. The normalized spacial score (nSPS) is 9.76. The first-order valence-electron chi connectivity index (χ1n) is 5.47. The molecule has 0 aromatic heterocycles. The lowest BCUT2D eigenvalue weighted by molar-refractivity contribution is -0.121. The lowest BCUT2D eigenvalue weighted by atomic mass is 10.1. The van der Waals surface area contributed by atoms with Gasteiger partial charge in [0.25, 0.3) is 5.91 Å². The Morgan fingerprint density at radius 1 is 1.24 bits per heavy atom. The molecule has 5 heteroatoms. The molecule has 5 nitrogen and oxygen atoms in total. The zero-order chi connectivity index (χ0) is 12.7. The molecule has 0 spiro atoms. The van der Waals surface area contributed by atoms with Gasteiger partial charge in [-0.3, -0.25) is 14.8 Å². The molecule has 0 heterocycles. The van der Waals surface area contributed by atoms with Gasteiger partial charge in [-0.05, 0) is 24.1 Å². The fourth-order valence-corrected chi connectivity index (χ4v) is 1.35. The Labute approximate surface area is 99.8 Å². The van der Waals surface area contributed by atoms with Gasteiger partial charge in [-0.2, -0.15) is 0 Å². The molecule has 0 radical (unpaired) electrons. The summed E-state index contributed by atoms with van der Waals surface area (Å²) in [6, 6.07) is 6.65. The zero-order valence-electron chi connectivity index (χ0n) is 9.69. The topological polar surface area (TPSA) is 78.4 Å². The molecule has 2 amide bonds. The minimum Gasteiger partial charge on any atom is -0.352 e. The fourth-order valence-electron chi connectivity index (χ4n) is 1.35. The Balaban J connectivity index is 2.51. The second kappa shape index (κ2) is 6.65. The Morgan fingerprint density at radius 2 is 1.88 bits per heavy atom. The second-order valence-electron chi connectivity index (χ2n) is 3.66. The van der Waals surface area contributed by atoms with Crippen molar-refractivity contribution in [1.29, 1.82) is 0 Å². The minimum absolute atomic E-state index is 0.0182. The molecule has 0 aliphatic heterocycles. The summed E-state index contributed by atoms with van der Waals surface area (Å²) < 4.78 is 0. The van der Waals surface area contributed by atoms with Crippen LogP contribution >= 0.6 is 0 Å². The molecule has 1 rings (SSSR count). The number of hydrogen-bond acceptors (Lipinski definition) is 3. The van der Waals surface area contributed by atoms with Gasteiger partial charge in [0.15, 0.2) is 0 Å². The van der Waals surface area contributed by atoms with Crippen molar-refractivity contribution in [2.24, 2.45) is 0 Å². The van der Waals surface area contributed by atoms with Gasteiger partial charge in [-0.1, -0.05) is 19.1 Å². The summed E-state index contributed by atoms with van der Waals surface area (Å²) in [5.41, 5.74) is 2.84. The van der Waals surface area contributed by atoms with E-state index >= 15 is 0 Å². The Morgan fingerprint density at radius 3 is 2.41 bits per heavy atom. The zero-order valence-corrected chi connectivity index (χ0v) is 9.69. The molecular formula is C12H16N2O3. The first-order valence-corrected chi connectivity index (χ1v) is 5.47. The summed E-state index contributed by atoms with van der Waals surface area (Å²) in [5, 5.41) is 11.2. The van der Waals surface area contributed by atoms with E-state index in [1.807, 2.05) is 6.92 Å². The molecule has 0 unspecified atom stereocenters. The summed E-state index contributed by atoms with van der Waals surface area (Å²) in [6.07, 6.45) is 1.34. The molecule has 0 saturated heterocycles. The van der Waals surface area contributed by atoms with Crippen LogP contribution in [0.3, 0.4) is 0 Å². The molecule has 0 aliphatic rings. The van der Waals surface area contributed by atoms with Crippen LogP contribution in [0.2, 0.25) is 0 Å². The van der Waals surface area contributed by atoms with Crippen molar-refractivity contribution in [3.05, 3.63) is 35.4 Å². The van der Waals surface area contributed by atoms with E-state index in [1.54, 1.807) is 29.7 Å². The Bertz CT molecular complexity index is 387. The largest absolute Gasteiger partial charge is 0.352 e. The van der Waals surface area contributed by atoms with Crippen LogP contribution in [0, 0.1) is 0 Å². The molecule has 92 valence electrons. The number of benzene rings is 1. The van der Waals surface area contributed by atoms with Crippen LogP contribution in [0.5, 0.6) is 0 Å². The van der Waals surface area contributed by atoms with Gasteiger partial charge in [0.05, 0.1) is 0 Å². The minimum atomic E-state index is -0.549. The highest BCUT2D eigenvalue weighted by Crippen LogP contribution is 2.04. The molecule has 0 atom stereocenters. The van der Waals surface area contributed by atoms with E-state index in [0.717, 1.165) is 12.0 Å². The number of amides is 2. The SMILES string of the molecule is CCCC(=O)NCc1ccc(C(=O)NO)cc1. The van der Waals surface area contributed by atoms with Crippen molar-refractivity contribution in [2.75, 3.05) is 0 Å². The molecule has 1 aromatic rings. The van der Waals surface area contributed by atoms with Gasteiger partial charge >= 0.3 is 0 Å². The van der Waals surface area contributed by atoms with Crippen LogP contribution in [-0.2, 0) is 11.3 Å². The standard InChI is InChI=1S/C12H16N2O3/c1-2-3-11(15)13-8-9-4-6-10(7-5-9)12(16)14-17/h4-7,17H,2-3,8H2,1H3,(H,13,15)(H,14,16). The third-order valence-corrected chi connectivity index (χ3v) is 2.28. The molecule has 1 aromatic carbocycles. The van der Waals surface area contributed by atoms with Crippen molar-refractivity contribution >= 4 is 11.8 Å². The van der Waals surface area contributed by atoms with Gasteiger partial charge in [-0.15, -0.1) is 0 Å². The van der Waals surface area contributed by atoms with Crippen molar-refractivity contribution in [3.63, 3.8) is 0 Å². The first kappa shape index (κ1) is 13.2. The predicted molar refractivity (Wildman–Crippen MR) is 62.4 cm³/mol. The molecule has 3 N–H and O–H groups in total. The lowest BCUT2D eigenvalue weighted by Gasteiger charge is -2.05. The van der Waals surface area contributed by atoms with Crippen LogP contribution in [0.1, 0.15) is 35.7 Å². The van der Waals surface area contributed by atoms with Gasteiger partial charge < -0.3 is 5.32 Å². The van der Waals surface area contributed by atoms with Crippen LogP contribution in [0.15, 0.2) is 24.3 Å². The maximum Gasteiger partial charge on any atom is 0.274 e. The highest BCUT2D eigenvalue weighted by atomic mass is 16.5. The molecule has 0 fully saturated rings. The number of hydroxylamine groups is 1. The average Bonchev–Trinajstić information content (AvgIpc) is 2.36. The predicted octanol–water partition coefficient (Wildman–Crippen LogP) is 1.22. The van der Waals surface area contributed by atoms with E-state index in [9.17, 15) is 9.59 Å². The number of hydrogen-bond donors (Lipinski definition) is 3. The highest BCUT2D eigenvalue weighted by molar-refractivity contribution is 5.93. The molecular weight excluding hydrogens is 220 g/mol. The molecule has 0 bridgehead atoms. The number of rotatable bonds is 5. The Hall–Kier alpha value is -1.88. The smallest absolute Gasteiger partial charge is 0.274 e. The third kappa shape index (κ3) is 4.24. The fraction of sp³-hybridized carbons (Fsp3) is 0.333. The molecule has 0 saturated carbocycles. The van der Waals surface area contributed by atoms with Crippen molar-refractivity contribution in [3.8, 4) is 0 Å². The third-order valence-electron chi connectivity index (χ3n) is 2.28. The van der Waals surface area contributed by atoms with E-state index in [1.165, 1.54) is 0 Å². The molecule has 17 heavy (non-hydrogen) atoms. The van der Waals surface area contributed by atoms with Crippen molar-refractivity contribution < 1.29 is 14.8 Å². The first-order chi connectivity index (χ1) is 8.17. The van der Waals surface area contributed by atoms with Crippen LogP contribution < -0.4 is 10.8 Å². The molecule has 0 aliphatic carbocycles. The summed E-state index contributed by atoms with van der Waals surface area (Å²) in [5.74, 6) is -0.531. The van der Waals surface area contributed by atoms with E-state index in [-0.39, 0.29) is 5.91 Å². The van der Waals surface area contributed by atoms with Crippen molar-refractivity contribution in [2.45, 2.75) is 26.3 Å². The van der Waals surface area contributed by atoms with Gasteiger partial charge in [0.1, 0.15) is 0 Å².